The van der Waals surface area contributed by atoms with Gasteiger partial charge in [0.1, 0.15) is 5.75 Å². The molecule has 6 heteroatoms. The standard InChI is InChI=1S/C12H11F2NO3/c1-2-8-9(6-15)7(5-11(16)17)3-4-10(8)18-12(13)14/h3-4,12H,2,5H2,1H3,(H,16,17). The molecule has 0 radical (unpaired) electrons. The number of hydrogen-bond donors (Lipinski definition) is 1. The van der Waals surface area contributed by atoms with E-state index in [-0.39, 0.29) is 17.7 Å². The van der Waals surface area contributed by atoms with Gasteiger partial charge in [-0.3, -0.25) is 4.79 Å². The molecule has 1 rings (SSSR count). The van der Waals surface area contributed by atoms with Crippen molar-refractivity contribution in [1.82, 2.24) is 0 Å². The number of benzene rings is 1. The van der Waals surface area contributed by atoms with Crippen LogP contribution < -0.4 is 4.74 Å². The maximum Gasteiger partial charge on any atom is 0.387 e. The summed E-state index contributed by atoms with van der Waals surface area (Å²) in [5.74, 6) is -1.17. The van der Waals surface area contributed by atoms with Crippen LogP contribution in [0.15, 0.2) is 12.1 Å². The summed E-state index contributed by atoms with van der Waals surface area (Å²) in [5.41, 5.74) is 0.693. The van der Waals surface area contributed by atoms with Crippen molar-refractivity contribution in [3.05, 3.63) is 28.8 Å². The monoisotopic (exact) mass is 255 g/mol. The number of halogens is 2. The number of nitriles is 1. The van der Waals surface area contributed by atoms with E-state index in [1.54, 1.807) is 6.92 Å². The van der Waals surface area contributed by atoms with Gasteiger partial charge in [0, 0.05) is 5.56 Å². The van der Waals surface area contributed by atoms with Crippen LogP contribution in [0.1, 0.15) is 23.6 Å². The number of aliphatic carboxylic acids is 1. The van der Waals surface area contributed by atoms with Crippen molar-refractivity contribution >= 4 is 5.97 Å². The van der Waals surface area contributed by atoms with Gasteiger partial charge in [-0.2, -0.15) is 14.0 Å². The summed E-state index contributed by atoms with van der Waals surface area (Å²) in [5, 5.41) is 17.7. The van der Waals surface area contributed by atoms with E-state index in [4.69, 9.17) is 10.4 Å². The molecule has 0 amide bonds. The van der Waals surface area contributed by atoms with Crippen LogP contribution in [0.4, 0.5) is 8.78 Å². The second kappa shape index (κ2) is 5.96. The maximum atomic E-state index is 12.2. The number of hydrogen-bond acceptors (Lipinski definition) is 3. The Kier molecular flexibility index (Phi) is 4.60. The molecule has 18 heavy (non-hydrogen) atoms. The lowest BCUT2D eigenvalue weighted by atomic mass is 9.97. The van der Waals surface area contributed by atoms with Gasteiger partial charge in [0.25, 0.3) is 0 Å². The fourth-order valence-electron chi connectivity index (χ4n) is 1.68. The fraction of sp³-hybridized carbons (Fsp3) is 0.333. The summed E-state index contributed by atoms with van der Waals surface area (Å²) in [4.78, 5) is 10.6. The lowest BCUT2D eigenvalue weighted by molar-refractivity contribution is -0.136. The van der Waals surface area contributed by atoms with E-state index < -0.39 is 12.6 Å². The van der Waals surface area contributed by atoms with Crippen LogP contribution in [0.25, 0.3) is 0 Å². The molecule has 0 unspecified atom stereocenters. The fourth-order valence-corrected chi connectivity index (χ4v) is 1.68. The minimum absolute atomic E-state index is 0.0850. The normalized spacial score (nSPS) is 10.2. The molecule has 1 N–H and O–H groups in total. The predicted octanol–water partition coefficient (Wildman–Crippen LogP) is 2.35. The minimum Gasteiger partial charge on any atom is -0.481 e. The average Bonchev–Trinajstić information content (AvgIpc) is 2.29. The van der Waals surface area contributed by atoms with Gasteiger partial charge in [0.15, 0.2) is 0 Å². The third-order valence-electron chi connectivity index (χ3n) is 2.38. The number of carbonyl (C=O) groups is 1. The largest absolute Gasteiger partial charge is 0.481 e. The predicted molar refractivity (Wildman–Crippen MR) is 58.5 cm³/mol. The van der Waals surface area contributed by atoms with Crippen molar-refractivity contribution in [2.24, 2.45) is 0 Å². The molecule has 1 aromatic rings. The molecular formula is C12H11F2NO3. The molecule has 0 heterocycles. The topological polar surface area (TPSA) is 70.3 Å². The molecule has 1 aromatic carbocycles. The highest BCUT2D eigenvalue weighted by Gasteiger charge is 2.17. The molecule has 4 nitrogen and oxygen atoms in total. The van der Waals surface area contributed by atoms with E-state index >= 15 is 0 Å². The molecule has 0 atom stereocenters. The average molecular weight is 255 g/mol. The molecule has 0 fully saturated rings. The highest BCUT2D eigenvalue weighted by atomic mass is 19.3. The van der Waals surface area contributed by atoms with Crippen LogP contribution in [-0.4, -0.2) is 17.7 Å². The SMILES string of the molecule is CCc1c(OC(F)F)ccc(CC(=O)O)c1C#N. The van der Waals surface area contributed by atoms with E-state index in [9.17, 15) is 13.6 Å². The van der Waals surface area contributed by atoms with E-state index in [0.29, 0.717) is 17.5 Å². The Morgan fingerprint density at radius 2 is 2.22 bits per heavy atom. The summed E-state index contributed by atoms with van der Waals surface area (Å²) in [6.45, 7) is -1.30. The number of carboxylic acid groups (broad SMARTS) is 1. The summed E-state index contributed by atoms with van der Waals surface area (Å²) >= 11 is 0. The molecule has 0 aliphatic rings. The van der Waals surface area contributed by atoms with Crippen molar-refractivity contribution in [3.63, 3.8) is 0 Å². The quantitative estimate of drug-likeness (QED) is 0.876. The van der Waals surface area contributed by atoms with Crippen LogP contribution >= 0.6 is 0 Å². The Labute approximate surface area is 102 Å². The minimum atomic E-state index is -2.98. The Morgan fingerprint density at radius 3 is 2.67 bits per heavy atom. The van der Waals surface area contributed by atoms with Crippen LogP contribution in [0.5, 0.6) is 5.75 Å². The number of nitrogens with zero attached hydrogens (tertiary/aromatic N) is 1. The molecule has 0 bridgehead atoms. The zero-order valence-electron chi connectivity index (χ0n) is 9.61. The number of carboxylic acids is 1. The van der Waals surface area contributed by atoms with Crippen LogP contribution in [0, 0.1) is 11.3 Å². The molecule has 0 saturated carbocycles. The van der Waals surface area contributed by atoms with Crippen LogP contribution in [0.3, 0.4) is 0 Å². The third kappa shape index (κ3) is 3.17. The molecular weight excluding hydrogens is 244 g/mol. The van der Waals surface area contributed by atoms with Gasteiger partial charge in [-0.05, 0) is 18.1 Å². The molecule has 0 aliphatic carbocycles. The Balaban J connectivity index is 3.28. The lowest BCUT2D eigenvalue weighted by Crippen LogP contribution is -2.09. The highest BCUT2D eigenvalue weighted by molar-refractivity contribution is 5.72. The van der Waals surface area contributed by atoms with Crippen LogP contribution in [-0.2, 0) is 17.6 Å². The van der Waals surface area contributed by atoms with Gasteiger partial charge in [0.2, 0.25) is 0 Å². The van der Waals surface area contributed by atoms with Gasteiger partial charge in [0.05, 0.1) is 18.1 Å². The summed E-state index contributed by atoms with van der Waals surface area (Å²) in [7, 11) is 0. The van der Waals surface area contributed by atoms with Crippen molar-refractivity contribution in [1.29, 1.82) is 5.26 Å². The van der Waals surface area contributed by atoms with Gasteiger partial charge in [-0.1, -0.05) is 13.0 Å². The first-order valence-corrected chi connectivity index (χ1v) is 5.21. The molecule has 96 valence electrons. The van der Waals surface area contributed by atoms with Crippen molar-refractivity contribution < 1.29 is 23.4 Å². The van der Waals surface area contributed by atoms with Gasteiger partial charge >= 0.3 is 12.6 Å². The smallest absolute Gasteiger partial charge is 0.387 e. The first-order chi connectivity index (χ1) is 8.49. The lowest BCUT2D eigenvalue weighted by Gasteiger charge is -2.13. The first-order valence-electron chi connectivity index (χ1n) is 5.21. The zero-order valence-corrected chi connectivity index (χ0v) is 9.61. The van der Waals surface area contributed by atoms with E-state index in [2.05, 4.69) is 4.74 Å². The second-order valence-corrected chi connectivity index (χ2v) is 3.49. The maximum absolute atomic E-state index is 12.2. The number of ether oxygens (including phenoxy) is 1. The zero-order chi connectivity index (χ0) is 13.7. The van der Waals surface area contributed by atoms with Crippen LogP contribution in [0.2, 0.25) is 0 Å². The van der Waals surface area contributed by atoms with E-state index in [1.807, 2.05) is 6.07 Å². The van der Waals surface area contributed by atoms with Gasteiger partial charge < -0.3 is 9.84 Å². The molecule has 0 aromatic heterocycles. The van der Waals surface area contributed by atoms with E-state index in [0.717, 1.165) is 0 Å². The molecule has 0 aliphatic heterocycles. The third-order valence-corrected chi connectivity index (χ3v) is 2.38. The Morgan fingerprint density at radius 1 is 1.56 bits per heavy atom. The number of alkyl halides is 2. The summed E-state index contributed by atoms with van der Waals surface area (Å²) < 4.78 is 28.7. The molecule has 0 saturated heterocycles. The number of rotatable bonds is 5. The van der Waals surface area contributed by atoms with Crippen molar-refractivity contribution in [2.45, 2.75) is 26.4 Å². The summed E-state index contributed by atoms with van der Waals surface area (Å²) in [6, 6.07) is 4.44. The van der Waals surface area contributed by atoms with E-state index in [1.165, 1.54) is 12.1 Å². The Bertz CT molecular complexity index is 495. The highest BCUT2D eigenvalue weighted by Crippen LogP contribution is 2.27. The van der Waals surface area contributed by atoms with Gasteiger partial charge in [-0.25, -0.2) is 0 Å². The second-order valence-electron chi connectivity index (χ2n) is 3.49. The van der Waals surface area contributed by atoms with Crippen molar-refractivity contribution in [2.75, 3.05) is 0 Å². The Hall–Kier alpha value is -2.16. The summed E-state index contributed by atoms with van der Waals surface area (Å²) in [6.07, 6.45) is -0.0245. The first kappa shape index (κ1) is 13.9. The van der Waals surface area contributed by atoms with Gasteiger partial charge in [-0.15, -0.1) is 0 Å². The van der Waals surface area contributed by atoms with Crippen molar-refractivity contribution in [3.8, 4) is 11.8 Å². The molecule has 0 spiro atoms.